The molecule has 0 fully saturated rings. The van der Waals surface area contributed by atoms with Crippen molar-refractivity contribution in [3.8, 4) is 5.75 Å². The molecule has 1 atom stereocenters. The van der Waals surface area contributed by atoms with Crippen LogP contribution in [0.4, 0.5) is 0 Å². The molecular formula is C12H18ClNO3S. The molecule has 4 nitrogen and oxygen atoms in total. The Labute approximate surface area is 113 Å². The average Bonchev–Trinajstić information content (AvgIpc) is 2.27. The molecule has 1 aromatic carbocycles. The number of nitrogens with one attached hydrogen (secondary N) is 1. The Bertz CT molecular complexity index is 495. The quantitative estimate of drug-likeness (QED) is 0.848. The smallest absolute Gasteiger partial charge is 0.241 e. The van der Waals surface area contributed by atoms with Crippen molar-refractivity contribution in [1.29, 1.82) is 0 Å². The van der Waals surface area contributed by atoms with Crippen LogP contribution in [0.25, 0.3) is 0 Å². The Kier molecular flexibility index (Phi) is 4.64. The first kappa shape index (κ1) is 15.3. The van der Waals surface area contributed by atoms with Gasteiger partial charge in [0.05, 0.1) is 12.0 Å². The van der Waals surface area contributed by atoms with Crippen molar-refractivity contribution in [2.24, 2.45) is 0 Å². The van der Waals surface area contributed by atoms with Crippen LogP contribution in [0.2, 0.25) is 0 Å². The van der Waals surface area contributed by atoms with E-state index < -0.39 is 15.6 Å². The fourth-order valence-corrected chi connectivity index (χ4v) is 2.84. The molecule has 0 aromatic heterocycles. The molecule has 1 rings (SSSR count). The molecule has 0 radical (unpaired) electrons. The van der Waals surface area contributed by atoms with Crippen molar-refractivity contribution < 1.29 is 13.2 Å². The van der Waals surface area contributed by atoms with Gasteiger partial charge in [0.1, 0.15) is 5.75 Å². The molecule has 0 aliphatic carbocycles. The van der Waals surface area contributed by atoms with E-state index in [0.29, 0.717) is 5.75 Å². The van der Waals surface area contributed by atoms with Crippen molar-refractivity contribution in [2.45, 2.75) is 36.6 Å². The predicted octanol–water partition coefficient (Wildman–Crippen LogP) is 2.38. The average molecular weight is 292 g/mol. The Morgan fingerprint density at radius 3 is 2.17 bits per heavy atom. The van der Waals surface area contributed by atoms with Gasteiger partial charge in [-0.3, -0.25) is 0 Å². The highest BCUT2D eigenvalue weighted by molar-refractivity contribution is 7.89. The zero-order chi connectivity index (χ0) is 14.0. The van der Waals surface area contributed by atoms with E-state index in [9.17, 15) is 8.42 Å². The van der Waals surface area contributed by atoms with Crippen LogP contribution in [-0.2, 0) is 10.0 Å². The zero-order valence-electron chi connectivity index (χ0n) is 10.9. The summed E-state index contributed by atoms with van der Waals surface area (Å²) < 4.78 is 31.9. The molecule has 0 heterocycles. The van der Waals surface area contributed by atoms with Gasteiger partial charge in [0.2, 0.25) is 10.0 Å². The SMILES string of the molecule is COc1ccc(S(=O)(=O)NC(C)(C)C(C)Cl)cc1. The Balaban J connectivity index is 2.99. The minimum atomic E-state index is -3.58. The third-order valence-electron chi connectivity index (χ3n) is 2.76. The molecule has 0 saturated heterocycles. The maximum absolute atomic E-state index is 12.1. The standard InChI is InChI=1S/C12H18ClNO3S/c1-9(13)12(2,3)14-18(15,16)11-7-5-10(17-4)6-8-11/h5-9,14H,1-4H3. The maximum atomic E-state index is 12.1. The molecule has 102 valence electrons. The first-order chi connectivity index (χ1) is 8.19. The largest absolute Gasteiger partial charge is 0.497 e. The zero-order valence-corrected chi connectivity index (χ0v) is 12.5. The molecule has 0 bridgehead atoms. The lowest BCUT2D eigenvalue weighted by molar-refractivity contribution is 0.414. The number of hydrogen-bond acceptors (Lipinski definition) is 3. The third kappa shape index (κ3) is 3.60. The summed E-state index contributed by atoms with van der Waals surface area (Å²) in [5.74, 6) is 0.610. The van der Waals surface area contributed by atoms with E-state index in [0.717, 1.165) is 0 Å². The Morgan fingerprint density at radius 1 is 1.28 bits per heavy atom. The molecule has 1 unspecified atom stereocenters. The first-order valence-electron chi connectivity index (χ1n) is 5.51. The molecule has 1 N–H and O–H groups in total. The van der Waals surface area contributed by atoms with Crippen LogP contribution in [0, 0.1) is 0 Å². The summed E-state index contributed by atoms with van der Waals surface area (Å²) in [5, 5.41) is -0.328. The molecule has 0 spiro atoms. The highest BCUT2D eigenvalue weighted by atomic mass is 35.5. The van der Waals surface area contributed by atoms with Crippen molar-refractivity contribution in [3.63, 3.8) is 0 Å². The third-order valence-corrected chi connectivity index (χ3v) is 4.99. The van der Waals surface area contributed by atoms with E-state index in [-0.39, 0.29) is 10.3 Å². The van der Waals surface area contributed by atoms with Gasteiger partial charge in [-0.1, -0.05) is 0 Å². The second-order valence-corrected chi connectivity index (χ2v) is 6.96. The lowest BCUT2D eigenvalue weighted by atomic mass is 10.0. The number of benzene rings is 1. The van der Waals surface area contributed by atoms with Crippen molar-refractivity contribution >= 4 is 21.6 Å². The second-order valence-electron chi connectivity index (χ2n) is 4.62. The van der Waals surface area contributed by atoms with Crippen LogP contribution in [-0.4, -0.2) is 26.4 Å². The van der Waals surface area contributed by atoms with Crippen LogP contribution in [0.15, 0.2) is 29.2 Å². The molecule has 1 aromatic rings. The van der Waals surface area contributed by atoms with Crippen LogP contribution >= 0.6 is 11.6 Å². The number of hydrogen-bond donors (Lipinski definition) is 1. The summed E-state index contributed by atoms with van der Waals surface area (Å²) in [5.41, 5.74) is -0.722. The number of halogens is 1. The monoisotopic (exact) mass is 291 g/mol. The van der Waals surface area contributed by atoms with Crippen LogP contribution < -0.4 is 9.46 Å². The van der Waals surface area contributed by atoms with Gasteiger partial charge in [0.25, 0.3) is 0 Å². The lowest BCUT2D eigenvalue weighted by Gasteiger charge is -2.28. The fourth-order valence-electron chi connectivity index (χ4n) is 1.24. The number of sulfonamides is 1. The summed E-state index contributed by atoms with van der Waals surface area (Å²) in [7, 11) is -2.05. The normalized spacial score (nSPS) is 14.3. The molecule has 0 aliphatic heterocycles. The lowest BCUT2D eigenvalue weighted by Crippen LogP contribution is -2.48. The number of methoxy groups -OCH3 is 1. The maximum Gasteiger partial charge on any atom is 0.241 e. The molecule has 0 saturated carbocycles. The van der Waals surface area contributed by atoms with E-state index >= 15 is 0 Å². The topological polar surface area (TPSA) is 55.4 Å². The Hall–Kier alpha value is -0.780. The van der Waals surface area contributed by atoms with Crippen LogP contribution in [0.1, 0.15) is 20.8 Å². The summed E-state index contributed by atoms with van der Waals surface area (Å²) in [6.07, 6.45) is 0. The minimum Gasteiger partial charge on any atom is -0.497 e. The molecular weight excluding hydrogens is 274 g/mol. The van der Waals surface area contributed by atoms with E-state index in [1.54, 1.807) is 32.9 Å². The van der Waals surface area contributed by atoms with E-state index in [1.165, 1.54) is 19.2 Å². The molecule has 18 heavy (non-hydrogen) atoms. The van der Waals surface area contributed by atoms with Crippen molar-refractivity contribution in [3.05, 3.63) is 24.3 Å². The van der Waals surface area contributed by atoms with Gasteiger partial charge in [-0.05, 0) is 45.0 Å². The molecule has 6 heteroatoms. The Morgan fingerprint density at radius 2 is 1.78 bits per heavy atom. The van der Waals surface area contributed by atoms with Crippen molar-refractivity contribution in [1.82, 2.24) is 4.72 Å². The summed E-state index contributed by atoms with van der Waals surface area (Å²) in [4.78, 5) is 0.189. The van der Waals surface area contributed by atoms with E-state index in [2.05, 4.69) is 4.72 Å². The van der Waals surface area contributed by atoms with Crippen LogP contribution in [0.3, 0.4) is 0 Å². The van der Waals surface area contributed by atoms with Crippen LogP contribution in [0.5, 0.6) is 5.75 Å². The van der Waals surface area contributed by atoms with Gasteiger partial charge in [0.15, 0.2) is 0 Å². The van der Waals surface area contributed by atoms with Gasteiger partial charge in [-0.25, -0.2) is 13.1 Å². The van der Waals surface area contributed by atoms with Gasteiger partial charge in [-0.15, -0.1) is 11.6 Å². The highest BCUT2D eigenvalue weighted by Crippen LogP contribution is 2.20. The number of alkyl halides is 1. The predicted molar refractivity (Wildman–Crippen MR) is 72.7 cm³/mol. The van der Waals surface area contributed by atoms with Gasteiger partial charge < -0.3 is 4.74 Å². The second kappa shape index (κ2) is 5.47. The van der Waals surface area contributed by atoms with Gasteiger partial charge in [-0.2, -0.15) is 0 Å². The molecule has 0 amide bonds. The summed E-state index contributed by atoms with van der Waals surface area (Å²) in [6, 6.07) is 6.20. The number of ether oxygens (including phenoxy) is 1. The van der Waals surface area contributed by atoms with Gasteiger partial charge >= 0.3 is 0 Å². The first-order valence-corrected chi connectivity index (χ1v) is 7.43. The van der Waals surface area contributed by atoms with E-state index in [1.807, 2.05) is 0 Å². The molecule has 0 aliphatic rings. The summed E-state index contributed by atoms with van der Waals surface area (Å²) in [6.45, 7) is 5.23. The van der Waals surface area contributed by atoms with Gasteiger partial charge in [0, 0.05) is 10.9 Å². The van der Waals surface area contributed by atoms with E-state index in [4.69, 9.17) is 16.3 Å². The minimum absolute atomic E-state index is 0.189. The number of rotatable bonds is 5. The van der Waals surface area contributed by atoms with Crippen molar-refractivity contribution in [2.75, 3.05) is 7.11 Å². The fraction of sp³-hybridized carbons (Fsp3) is 0.500. The summed E-state index contributed by atoms with van der Waals surface area (Å²) >= 11 is 5.96. The highest BCUT2D eigenvalue weighted by Gasteiger charge is 2.30.